The Morgan fingerprint density at radius 2 is 2.10 bits per heavy atom. The zero-order chi connectivity index (χ0) is 14.8. The molecular weight excluding hydrogens is 368 g/mol. The van der Waals surface area contributed by atoms with Gasteiger partial charge in [-0.05, 0) is 52.5 Å². The van der Waals surface area contributed by atoms with E-state index in [2.05, 4.69) is 26.2 Å². The van der Waals surface area contributed by atoms with E-state index in [1.165, 1.54) is 11.3 Å². The summed E-state index contributed by atoms with van der Waals surface area (Å²) in [6.07, 6.45) is 1.99. The van der Waals surface area contributed by atoms with Crippen LogP contribution in [0.15, 0.2) is 51.8 Å². The number of nitrogens with one attached hydrogen (secondary N) is 1. The highest BCUT2D eigenvalue weighted by molar-refractivity contribution is 9.10. The number of carbonyl (C=O) groups is 1. The molecule has 1 heterocycles. The third kappa shape index (κ3) is 3.12. The van der Waals surface area contributed by atoms with Gasteiger partial charge in [-0.25, -0.2) is 4.98 Å². The zero-order valence-corrected chi connectivity index (χ0v) is 14.3. The van der Waals surface area contributed by atoms with Crippen LogP contribution in [0.4, 0.5) is 5.13 Å². The van der Waals surface area contributed by atoms with Gasteiger partial charge in [0.05, 0.1) is 10.2 Å². The van der Waals surface area contributed by atoms with Gasteiger partial charge < -0.3 is 0 Å². The predicted octanol–water partition coefficient (Wildman–Crippen LogP) is 5.03. The second-order valence-corrected chi connectivity index (χ2v) is 7.06. The maximum Gasteiger partial charge on any atom is 0.257 e. The number of thioether (sulfide) groups is 1. The molecule has 1 N–H and O–H groups in total. The summed E-state index contributed by atoms with van der Waals surface area (Å²) >= 11 is 6.55. The van der Waals surface area contributed by atoms with Crippen LogP contribution >= 0.6 is 39.0 Å². The Bertz CT molecular complexity index is 816. The Hall–Kier alpha value is -1.37. The van der Waals surface area contributed by atoms with E-state index in [0.717, 1.165) is 19.6 Å². The van der Waals surface area contributed by atoms with Gasteiger partial charge in [-0.15, -0.1) is 11.8 Å². The van der Waals surface area contributed by atoms with Crippen molar-refractivity contribution in [2.45, 2.75) is 4.90 Å². The van der Waals surface area contributed by atoms with Crippen molar-refractivity contribution < 1.29 is 4.79 Å². The summed E-state index contributed by atoms with van der Waals surface area (Å²) in [5, 5.41) is 3.47. The third-order valence-corrected chi connectivity index (χ3v) is 5.22. The molecule has 0 saturated heterocycles. The number of thiazole rings is 1. The molecule has 6 heteroatoms. The fraction of sp³-hybridized carbons (Fsp3) is 0.0667. The van der Waals surface area contributed by atoms with E-state index in [1.54, 1.807) is 17.8 Å². The van der Waals surface area contributed by atoms with Crippen molar-refractivity contribution >= 4 is 60.3 Å². The molecule has 0 atom stereocenters. The Balaban J connectivity index is 1.87. The quantitative estimate of drug-likeness (QED) is 0.649. The molecule has 1 amide bonds. The molecule has 0 aliphatic rings. The van der Waals surface area contributed by atoms with Crippen molar-refractivity contribution in [3.8, 4) is 0 Å². The number of fused-ring (bicyclic) bond motifs is 1. The number of amides is 1. The van der Waals surface area contributed by atoms with E-state index in [1.807, 2.05) is 42.7 Å². The lowest BCUT2D eigenvalue weighted by atomic mass is 10.2. The van der Waals surface area contributed by atoms with Gasteiger partial charge in [-0.3, -0.25) is 10.1 Å². The highest BCUT2D eigenvalue weighted by atomic mass is 79.9. The molecule has 0 fully saturated rings. The van der Waals surface area contributed by atoms with E-state index in [-0.39, 0.29) is 5.91 Å². The Morgan fingerprint density at radius 1 is 1.29 bits per heavy atom. The van der Waals surface area contributed by atoms with Crippen LogP contribution in [0.3, 0.4) is 0 Å². The monoisotopic (exact) mass is 378 g/mol. The van der Waals surface area contributed by atoms with E-state index in [9.17, 15) is 4.79 Å². The Labute approximate surface area is 138 Å². The van der Waals surface area contributed by atoms with Crippen LogP contribution in [-0.2, 0) is 0 Å². The average molecular weight is 379 g/mol. The number of halogens is 1. The standard InChI is InChI=1S/C15H11BrN2OS2/c1-20-10-5-2-4-9(8-10)14(19)18-15-17-13-11(16)6-3-7-12(13)21-15/h2-8H,1H3,(H,17,18,19). The fourth-order valence-electron chi connectivity index (χ4n) is 1.90. The maximum atomic E-state index is 12.3. The van der Waals surface area contributed by atoms with E-state index >= 15 is 0 Å². The van der Waals surface area contributed by atoms with Crippen LogP contribution in [0.2, 0.25) is 0 Å². The van der Waals surface area contributed by atoms with Gasteiger partial charge in [-0.2, -0.15) is 0 Å². The maximum absolute atomic E-state index is 12.3. The number of aromatic nitrogens is 1. The lowest BCUT2D eigenvalue weighted by Gasteiger charge is -2.03. The summed E-state index contributed by atoms with van der Waals surface area (Å²) in [5.74, 6) is -0.138. The Kier molecular flexibility index (Phi) is 4.28. The summed E-state index contributed by atoms with van der Waals surface area (Å²) in [5.41, 5.74) is 1.51. The zero-order valence-electron chi connectivity index (χ0n) is 11.1. The molecule has 0 bridgehead atoms. The molecular formula is C15H11BrN2OS2. The highest BCUT2D eigenvalue weighted by Gasteiger charge is 2.11. The van der Waals surface area contributed by atoms with E-state index in [4.69, 9.17) is 0 Å². The number of carbonyl (C=O) groups excluding carboxylic acids is 1. The minimum Gasteiger partial charge on any atom is -0.298 e. The minimum atomic E-state index is -0.138. The van der Waals surface area contributed by atoms with Gasteiger partial charge in [0.15, 0.2) is 5.13 Å². The average Bonchev–Trinajstić information content (AvgIpc) is 2.91. The molecule has 0 aliphatic carbocycles. The molecule has 3 nitrogen and oxygen atoms in total. The number of para-hydroxylation sites is 1. The van der Waals surface area contributed by atoms with Crippen LogP contribution in [0, 0.1) is 0 Å². The van der Waals surface area contributed by atoms with Crippen molar-refractivity contribution in [2.75, 3.05) is 11.6 Å². The lowest BCUT2D eigenvalue weighted by molar-refractivity contribution is 0.102. The Morgan fingerprint density at radius 3 is 2.86 bits per heavy atom. The van der Waals surface area contributed by atoms with Crippen molar-refractivity contribution in [1.82, 2.24) is 4.98 Å². The summed E-state index contributed by atoms with van der Waals surface area (Å²) in [6.45, 7) is 0. The number of hydrogen-bond acceptors (Lipinski definition) is 4. The number of nitrogens with zero attached hydrogens (tertiary/aromatic N) is 1. The number of hydrogen-bond donors (Lipinski definition) is 1. The minimum absolute atomic E-state index is 0.138. The second-order valence-electron chi connectivity index (χ2n) is 4.29. The smallest absolute Gasteiger partial charge is 0.257 e. The van der Waals surface area contributed by atoms with Crippen molar-refractivity contribution in [1.29, 1.82) is 0 Å². The van der Waals surface area contributed by atoms with Gasteiger partial charge in [-0.1, -0.05) is 23.5 Å². The van der Waals surface area contributed by atoms with Gasteiger partial charge in [0.2, 0.25) is 0 Å². The molecule has 106 valence electrons. The van der Waals surface area contributed by atoms with Crippen molar-refractivity contribution in [3.05, 3.63) is 52.5 Å². The summed E-state index contributed by atoms with van der Waals surface area (Å²) in [7, 11) is 0. The third-order valence-electron chi connectivity index (χ3n) is 2.92. The normalized spacial score (nSPS) is 10.8. The summed E-state index contributed by atoms with van der Waals surface area (Å²) in [6, 6.07) is 13.4. The predicted molar refractivity (Wildman–Crippen MR) is 93.5 cm³/mol. The molecule has 2 aromatic carbocycles. The summed E-state index contributed by atoms with van der Waals surface area (Å²) in [4.78, 5) is 17.8. The van der Waals surface area contributed by atoms with Gasteiger partial charge >= 0.3 is 0 Å². The molecule has 0 spiro atoms. The van der Waals surface area contributed by atoms with Crippen LogP contribution in [0.1, 0.15) is 10.4 Å². The molecule has 0 unspecified atom stereocenters. The topological polar surface area (TPSA) is 42.0 Å². The van der Waals surface area contributed by atoms with E-state index < -0.39 is 0 Å². The lowest BCUT2D eigenvalue weighted by Crippen LogP contribution is -2.11. The first-order valence-corrected chi connectivity index (χ1v) is 9.01. The van der Waals surface area contributed by atoms with Gasteiger partial charge in [0.25, 0.3) is 5.91 Å². The highest BCUT2D eigenvalue weighted by Crippen LogP contribution is 2.31. The number of rotatable bonds is 3. The molecule has 0 radical (unpaired) electrons. The molecule has 0 aliphatic heterocycles. The molecule has 3 rings (SSSR count). The van der Waals surface area contributed by atoms with Gasteiger partial charge in [0.1, 0.15) is 0 Å². The molecule has 21 heavy (non-hydrogen) atoms. The largest absolute Gasteiger partial charge is 0.298 e. The first kappa shape index (κ1) is 14.6. The molecule has 0 saturated carbocycles. The molecule has 3 aromatic rings. The fourth-order valence-corrected chi connectivity index (χ4v) is 3.84. The summed E-state index contributed by atoms with van der Waals surface area (Å²) < 4.78 is 1.97. The van der Waals surface area contributed by atoms with Crippen LogP contribution in [0.25, 0.3) is 10.2 Å². The first-order chi connectivity index (χ1) is 10.2. The first-order valence-electron chi connectivity index (χ1n) is 6.18. The number of anilines is 1. The van der Waals surface area contributed by atoms with Crippen LogP contribution in [0.5, 0.6) is 0 Å². The number of benzene rings is 2. The van der Waals surface area contributed by atoms with Crippen LogP contribution in [-0.4, -0.2) is 17.1 Å². The molecule has 1 aromatic heterocycles. The van der Waals surface area contributed by atoms with E-state index in [0.29, 0.717) is 10.7 Å². The second kappa shape index (κ2) is 6.17. The van der Waals surface area contributed by atoms with Crippen LogP contribution < -0.4 is 5.32 Å². The van der Waals surface area contributed by atoms with Crippen molar-refractivity contribution in [3.63, 3.8) is 0 Å². The van der Waals surface area contributed by atoms with Crippen molar-refractivity contribution in [2.24, 2.45) is 0 Å². The SMILES string of the molecule is CSc1cccc(C(=O)Nc2nc3c(Br)cccc3s2)c1. The van der Waals surface area contributed by atoms with Gasteiger partial charge in [0, 0.05) is 14.9 Å².